The Labute approximate surface area is 113 Å². The van der Waals surface area contributed by atoms with Crippen LogP contribution in [-0.2, 0) is 9.53 Å². The van der Waals surface area contributed by atoms with Gasteiger partial charge in [-0.15, -0.1) is 0 Å². The zero-order valence-electron chi connectivity index (χ0n) is 11.4. The molecule has 5 nitrogen and oxygen atoms in total. The number of ether oxygens (including phenoxy) is 1. The van der Waals surface area contributed by atoms with Crippen LogP contribution in [0.1, 0.15) is 30.1 Å². The second-order valence-electron chi connectivity index (χ2n) is 4.12. The summed E-state index contributed by atoms with van der Waals surface area (Å²) in [4.78, 5) is 23.0. The fourth-order valence-electron chi connectivity index (χ4n) is 1.57. The molecule has 0 heterocycles. The number of benzene rings is 1. The van der Waals surface area contributed by atoms with E-state index in [9.17, 15) is 9.59 Å². The van der Waals surface area contributed by atoms with E-state index in [4.69, 9.17) is 0 Å². The van der Waals surface area contributed by atoms with Gasteiger partial charge in [0.25, 0.3) is 0 Å². The number of methoxy groups -OCH3 is 1. The molecule has 1 amide bonds. The molecule has 0 saturated carbocycles. The summed E-state index contributed by atoms with van der Waals surface area (Å²) in [6.07, 6.45) is 1.45. The standard InChI is InChI=1S/C14H20N2O3/c1-3-8-15-9-7-13(17)16-12-6-4-5-11(10-12)14(18)19-2/h4-6,10,15H,3,7-9H2,1-2H3,(H,16,17). The number of anilines is 1. The molecule has 0 atom stereocenters. The average molecular weight is 264 g/mol. The van der Waals surface area contributed by atoms with E-state index in [-0.39, 0.29) is 5.91 Å². The van der Waals surface area contributed by atoms with Gasteiger partial charge in [0.15, 0.2) is 0 Å². The predicted octanol–water partition coefficient (Wildman–Crippen LogP) is 1.80. The largest absolute Gasteiger partial charge is 0.465 e. The number of hydrogen-bond acceptors (Lipinski definition) is 4. The van der Waals surface area contributed by atoms with E-state index >= 15 is 0 Å². The lowest BCUT2D eigenvalue weighted by Crippen LogP contribution is -2.22. The molecular weight excluding hydrogens is 244 g/mol. The first kappa shape index (κ1) is 15.2. The maximum Gasteiger partial charge on any atom is 0.337 e. The van der Waals surface area contributed by atoms with Crippen molar-refractivity contribution in [2.45, 2.75) is 19.8 Å². The quantitative estimate of drug-likeness (QED) is 0.582. The Kier molecular flexibility index (Phi) is 6.60. The molecule has 0 spiro atoms. The van der Waals surface area contributed by atoms with Crippen LogP contribution in [0.15, 0.2) is 24.3 Å². The van der Waals surface area contributed by atoms with Crippen molar-refractivity contribution >= 4 is 17.6 Å². The van der Waals surface area contributed by atoms with Gasteiger partial charge in [-0.05, 0) is 31.2 Å². The first-order chi connectivity index (χ1) is 9.17. The van der Waals surface area contributed by atoms with E-state index in [2.05, 4.69) is 22.3 Å². The van der Waals surface area contributed by atoms with Crippen molar-refractivity contribution in [2.24, 2.45) is 0 Å². The molecule has 0 radical (unpaired) electrons. The topological polar surface area (TPSA) is 67.4 Å². The molecule has 0 aliphatic heterocycles. The lowest BCUT2D eigenvalue weighted by atomic mass is 10.2. The molecular formula is C14H20N2O3. The number of hydrogen-bond donors (Lipinski definition) is 2. The third kappa shape index (κ3) is 5.52. The number of amides is 1. The Morgan fingerprint density at radius 1 is 1.26 bits per heavy atom. The van der Waals surface area contributed by atoms with E-state index in [1.807, 2.05) is 0 Å². The third-order valence-electron chi connectivity index (χ3n) is 2.52. The van der Waals surface area contributed by atoms with Crippen molar-refractivity contribution in [2.75, 3.05) is 25.5 Å². The molecule has 0 saturated heterocycles. The molecule has 0 unspecified atom stereocenters. The molecule has 1 aromatic carbocycles. The fraction of sp³-hybridized carbons (Fsp3) is 0.429. The van der Waals surface area contributed by atoms with Gasteiger partial charge in [-0.25, -0.2) is 4.79 Å². The second kappa shape index (κ2) is 8.26. The highest BCUT2D eigenvalue weighted by Crippen LogP contribution is 2.11. The maximum atomic E-state index is 11.7. The third-order valence-corrected chi connectivity index (χ3v) is 2.52. The normalized spacial score (nSPS) is 10.0. The Morgan fingerprint density at radius 2 is 2.05 bits per heavy atom. The van der Waals surface area contributed by atoms with E-state index < -0.39 is 5.97 Å². The predicted molar refractivity (Wildman–Crippen MR) is 74.2 cm³/mol. The van der Waals surface area contributed by atoms with Crippen LogP contribution in [0.4, 0.5) is 5.69 Å². The van der Waals surface area contributed by atoms with E-state index in [1.54, 1.807) is 24.3 Å². The van der Waals surface area contributed by atoms with Crippen LogP contribution >= 0.6 is 0 Å². The van der Waals surface area contributed by atoms with Gasteiger partial charge in [0.05, 0.1) is 12.7 Å². The minimum absolute atomic E-state index is 0.0781. The van der Waals surface area contributed by atoms with Gasteiger partial charge in [0, 0.05) is 18.7 Å². The Bertz CT molecular complexity index is 432. The van der Waals surface area contributed by atoms with Gasteiger partial charge in [-0.1, -0.05) is 13.0 Å². The highest BCUT2D eigenvalue weighted by atomic mass is 16.5. The minimum atomic E-state index is -0.416. The minimum Gasteiger partial charge on any atom is -0.465 e. The molecule has 1 rings (SSSR count). The smallest absolute Gasteiger partial charge is 0.337 e. The summed E-state index contributed by atoms with van der Waals surface area (Å²) in [6, 6.07) is 6.69. The highest BCUT2D eigenvalue weighted by molar-refractivity contribution is 5.94. The van der Waals surface area contributed by atoms with Gasteiger partial charge in [-0.3, -0.25) is 4.79 Å². The van der Waals surface area contributed by atoms with Crippen molar-refractivity contribution in [3.05, 3.63) is 29.8 Å². The van der Waals surface area contributed by atoms with Crippen LogP contribution in [0.3, 0.4) is 0 Å². The molecule has 0 aromatic heterocycles. The molecule has 0 bridgehead atoms. The summed E-state index contributed by atoms with van der Waals surface area (Å²) < 4.78 is 4.63. The second-order valence-corrected chi connectivity index (χ2v) is 4.12. The zero-order valence-corrected chi connectivity index (χ0v) is 11.4. The van der Waals surface area contributed by atoms with Gasteiger partial charge in [0.2, 0.25) is 5.91 Å². The summed E-state index contributed by atoms with van der Waals surface area (Å²) >= 11 is 0. The summed E-state index contributed by atoms with van der Waals surface area (Å²) in [5.74, 6) is -0.494. The zero-order chi connectivity index (χ0) is 14.1. The highest BCUT2D eigenvalue weighted by Gasteiger charge is 2.07. The fourth-order valence-corrected chi connectivity index (χ4v) is 1.57. The lowest BCUT2D eigenvalue weighted by Gasteiger charge is -2.07. The van der Waals surface area contributed by atoms with Crippen LogP contribution in [-0.4, -0.2) is 32.1 Å². The molecule has 2 N–H and O–H groups in total. The van der Waals surface area contributed by atoms with Crippen LogP contribution in [0.25, 0.3) is 0 Å². The average Bonchev–Trinajstić information content (AvgIpc) is 2.43. The van der Waals surface area contributed by atoms with Crippen molar-refractivity contribution in [3.8, 4) is 0 Å². The van der Waals surface area contributed by atoms with Crippen LogP contribution in [0, 0.1) is 0 Å². The molecule has 104 valence electrons. The van der Waals surface area contributed by atoms with Crippen molar-refractivity contribution in [1.82, 2.24) is 5.32 Å². The summed E-state index contributed by atoms with van der Waals surface area (Å²) in [5, 5.41) is 5.91. The lowest BCUT2D eigenvalue weighted by molar-refractivity contribution is -0.116. The van der Waals surface area contributed by atoms with Gasteiger partial charge in [-0.2, -0.15) is 0 Å². The first-order valence-corrected chi connectivity index (χ1v) is 6.36. The molecule has 0 fully saturated rings. The monoisotopic (exact) mass is 264 g/mol. The van der Waals surface area contributed by atoms with Gasteiger partial charge >= 0.3 is 5.97 Å². The Hall–Kier alpha value is -1.88. The maximum absolute atomic E-state index is 11.7. The van der Waals surface area contributed by atoms with E-state index in [1.165, 1.54) is 7.11 Å². The van der Waals surface area contributed by atoms with Crippen LogP contribution < -0.4 is 10.6 Å². The molecule has 19 heavy (non-hydrogen) atoms. The summed E-state index contributed by atoms with van der Waals surface area (Å²) in [6.45, 7) is 3.63. The molecule has 0 aliphatic rings. The molecule has 5 heteroatoms. The number of nitrogens with one attached hydrogen (secondary N) is 2. The number of carbonyl (C=O) groups is 2. The van der Waals surface area contributed by atoms with E-state index in [0.717, 1.165) is 13.0 Å². The van der Waals surface area contributed by atoms with Crippen molar-refractivity contribution in [1.29, 1.82) is 0 Å². The SMILES string of the molecule is CCCNCCC(=O)Nc1cccc(C(=O)OC)c1. The Balaban J connectivity index is 2.48. The number of esters is 1. The first-order valence-electron chi connectivity index (χ1n) is 6.36. The molecule has 1 aromatic rings. The van der Waals surface area contributed by atoms with Gasteiger partial charge < -0.3 is 15.4 Å². The number of rotatable bonds is 7. The molecule has 0 aliphatic carbocycles. The van der Waals surface area contributed by atoms with Crippen molar-refractivity contribution in [3.63, 3.8) is 0 Å². The van der Waals surface area contributed by atoms with E-state index in [0.29, 0.717) is 24.2 Å². The summed E-state index contributed by atoms with van der Waals surface area (Å²) in [7, 11) is 1.33. The van der Waals surface area contributed by atoms with Crippen molar-refractivity contribution < 1.29 is 14.3 Å². The number of carbonyl (C=O) groups excluding carboxylic acids is 2. The van der Waals surface area contributed by atoms with Gasteiger partial charge in [0.1, 0.15) is 0 Å². The van der Waals surface area contributed by atoms with Crippen LogP contribution in [0.5, 0.6) is 0 Å². The summed E-state index contributed by atoms with van der Waals surface area (Å²) in [5.41, 5.74) is 1.02. The Morgan fingerprint density at radius 3 is 2.74 bits per heavy atom. The van der Waals surface area contributed by atoms with Crippen LogP contribution in [0.2, 0.25) is 0 Å².